The average molecular weight is 273 g/mol. The summed E-state index contributed by atoms with van der Waals surface area (Å²) in [7, 11) is 0. The van der Waals surface area contributed by atoms with Crippen molar-refractivity contribution in [3.8, 4) is 0 Å². The Morgan fingerprint density at radius 2 is 1.80 bits per heavy atom. The van der Waals surface area contributed by atoms with E-state index >= 15 is 0 Å². The van der Waals surface area contributed by atoms with Gasteiger partial charge in [0.2, 0.25) is 5.91 Å². The van der Waals surface area contributed by atoms with Crippen LogP contribution in [-0.4, -0.2) is 51.6 Å². The van der Waals surface area contributed by atoms with E-state index in [0.29, 0.717) is 0 Å². The minimum absolute atomic E-state index is 0.149. The minimum Gasteiger partial charge on any atom is -0.353 e. The largest absolute Gasteiger partial charge is 0.353 e. The third-order valence-corrected chi connectivity index (χ3v) is 3.71. The van der Waals surface area contributed by atoms with E-state index < -0.39 is 0 Å². The van der Waals surface area contributed by atoms with Gasteiger partial charge in [-0.1, -0.05) is 0 Å². The van der Waals surface area contributed by atoms with Gasteiger partial charge in [-0.3, -0.25) is 4.79 Å². The molecule has 0 aromatic carbocycles. The fourth-order valence-electron chi connectivity index (χ4n) is 2.67. The summed E-state index contributed by atoms with van der Waals surface area (Å²) in [6.07, 6.45) is 0. The molecule has 6 nitrogen and oxygen atoms in total. The van der Waals surface area contributed by atoms with Crippen LogP contribution in [0.25, 0.3) is 5.65 Å². The second-order valence-electron chi connectivity index (χ2n) is 5.30. The number of anilines is 1. The molecule has 6 heteroatoms. The molecular weight excluding hydrogens is 254 g/mol. The molecule has 1 aliphatic heterocycles. The van der Waals surface area contributed by atoms with Gasteiger partial charge in [0, 0.05) is 50.9 Å². The number of amides is 1. The Morgan fingerprint density at radius 1 is 1.10 bits per heavy atom. The molecule has 1 fully saturated rings. The van der Waals surface area contributed by atoms with E-state index in [2.05, 4.69) is 21.0 Å². The SMILES string of the molecule is CC(=O)N1CCN(c2cc(C)nc3cc(C)nn23)CC1. The standard InChI is InChI=1S/C14H19N5O/c1-10-9-14(19-13(15-10)8-11(2)16-19)18-6-4-17(5-7-18)12(3)20/h8-9H,4-7H2,1-3H3. The molecule has 0 bridgehead atoms. The van der Waals surface area contributed by atoms with Crippen molar-refractivity contribution in [3.05, 3.63) is 23.5 Å². The second kappa shape index (κ2) is 4.77. The fourth-order valence-corrected chi connectivity index (χ4v) is 2.67. The molecule has 3 rings (SSSR count). The van der Waals surface area contributed by atoms with Crippen LogP contribution in [0.4, 0.5) is 5.82 Å². The molecule has 0 unspecified atom stereocenters. The van der Waals surface area contributed by atoms with E-state index in [1.165, 1.54) is 0 Å². The van der Waals surface area contributed by atoms with Gasteiger partial charge in [0.15, 0.2) is 5.65 Å². The van der Waals surface area contributed by atoms with Crippen LogP contribution >= 0.6 is 0 Å². The number of aryl methyl sites for hydroxylation is 2. The lowest BCUT2D eigenvalue weighted by molar-refractivity contribution is -0.129. The van der Waals surface area contributed by atoms with Crippen LogP contribution in [-0.2, 0) is 4.79 Å². The van der Waals surface area contributed by atoms with Gasteiger partial charge in [-0.15, -0.1) is 0 Å². The van der Waals surface area contributed by atoms with Gasteiger partial charge in [-0.25, -0.2) is 4.98 Å². The maximum absolute atomic E-state index is 11.4. The van der Waals surface area contributed by atoms with E-state index in [1.807, 2.05) is 29.3 Å². The number of fused-ring (bicyclic) bond motifs is 1. The monoisotopic (exact) mass is 273 g/mol. The van der Waals surface area contributed by atoms with E-state index in [4.69, 9.17) is 0 Å². The van der Waals surface area contributed by atoms with Crippen molar-refractivity contribution < 1.29 is 4.79 Å². The number of nitrogens with zero attached hydrogens (tertiary/aromatic N) is 5. The number of hydrogen-bond donors (Lipinski definition) is 0. The fraction of sp³-hybridized carbons (Fsp3) is 0.500. The summed E-state index contributed by atoms with van der Waals surface area (Å²) in [5.41, 5.74) is 2.83. The zero-order chi connectivity index (χ0) is 14.3. The van der Waals surface area contributed by atoms with Crippen LogP contribution in [0.5, 0.6) is 0 Å². The Balaban J connectivity index is 1.93. The van der Waals surface area contributed by atoms with E-state index in [0.717, 1.165) is 49.0 Å². The molecular formula is C14H19N5O. The van der Waals surface area contributed by atoms with Gasteiger partial charge in [0.1, 0.15) is 5.82 Å². The highest BCUT2D eigenvalue weighted by Gasteiger charge is 2.21. The van der Waals surface area contributed by atoms with Crippen LogP contribution in [0, 0.1) is 13.8 Å². The molecule has 2 aromatic rings. The second-order valence-corrected chi connectivity index (χ2v) is 5.30. The van der Waals surface area contributed by atoms with Crippen LogP contribution in [0.15, 0.2) is 12.1 Å². The van der Waals surface area contributed by atoms with Crippen LogP contribution in [0.1, 0.15) is 18.3 Å². The Bertz CT molecular complexity index is 655. The summed E-state index contributed by atoms with van der Waals surface area (Å²) in [5.74, 6) is 1.21. The number of carbonyl (C=O) groups excluding carboxylic acids is 1. The lowest BCUT2D eigenvalue weighted by Gasteiger charge is -2.35. The van der Waals surface area contributed by atoms with Crippen molar-refractivity contribution in [2.75, 3.05) is 31.1 Å². The molecule has 3 heterocycles. The first-order valence-electron chi connectivity index (χ1n) is 6.89. The summed E-state index contributed by atoms with van der Waals surface area (Å²) in [4.78, 5) is 20.1. The summed E-state index contributed by atoms with van der Waals surface area (Å²) in [6.45, 7) is 8.78. The van der Waals surface area contributed by atoms with E-state index in [9.17, 15) is 4.79 Å². The van der Waals surface area contributed by atoms with Gasteiger partial charge in [-0.05, 0) is 13.8 Å². The zero-order valence-corrected chi connectivity index (χ0v) is 12.1. The van der Waals surface area contributed by atoms with Crippen LogP contribution in [0.2, 0.25) is 0 Å². The smallest absolute Gasteiger partial charge is 0.219 e. The molecule has 20 heavy (non-hydrogen) atoms. The minimum atomic E-state index is 0.149. The molecule has 1 saturated heterocycles. The highest BCUT2D eigenvalue weighted by Crippen LogP contribution is 2.19. The van der Waals surface area contributed by atoms with Gasteiger partial charge < -0.3 is 9.80 Å². The molecule has 1 aliphatic rings. The maximum atomic E-state index is 11.4. The number of carbonyl (C=O) groups is 1. The predicted octanol–water partition coefficient (Wildman–Crippen LogP) is 1.01. The Kier molecular flexibility index (Phi) is 3.08. The normalized spacial score (nSPS) is 15.9. The highest BCUT2D eigenvalue weighted by molar-refractivity contribution is 5.73. The van der Waals surface area contributed by atoms with Crippen molar-refractivity contribution in [2.24, 2.45) is 0 Å². The van der Waals surface area contributed by atoms with E-state index in [-0.39, 0.29) is 5.91 Å². The summed E-state index contributed by atoms with van der Waals surface area (Å²) < 4.78 is 1.89. The van der Waals surface area contributed by atoms with Crippen molar-refractivity contribution >= 4 is 17.4 Å². The molecule has 0 N–H and O–H groups in total. The Labute approximate surface area is 118 Å². The topological polar surface area (TPSA) is 53.7 Å². The van der Waals surface area contributed by atoms with Crippen molar-refractivity contribution in [2.45, 2.75) is 20.8 Å². The molecule has 0 spiro atoms. The Hall–Kier alpha value is -2.11. The molecule has 0 aliphatic carbocycles. The number of piperazine rings is 1. The summed E-state index contributed by atoms with van der Waals surface area (Å²) in [6, 6.07) is 4.05. The maximum Gasteiger partial charge on any atom is 0.219 e. The average Bonchev–Trinajstić information content (AvgIpc) is 2.78. The highest BCUT2D eigenvalue weighted by atomic mass is 16.2. The zero-order valence-electron chi connectivity index (χ0n) is 12.1. The first-order valence-corrected chi connectivity index (χ1v) is 6.89. The molecule has 1 amide bonds. The molecule has 0 atom stereocenters. The quantitative estimate of drug-likeness (QED) is 0.778. The summed E-state index contributed by atoms with van der Waals surface area (Å²) >= 11 is 0. The van der Waals surface area contributed by atoms with Gasteiger partial charge in [0.05, 0.1) is 5.69 Å². The van der Waals surface area contributed by atoms with Gasteiger partial charge >= 0.3 is 0 Å². The van der Waals surface area contributed by atoms with Gasteiger partial charge in [-0.2, -0.15) is 9.61 Å². The molecule has 0 saturated carbocycles. The molecule has 106 valence electrons. The first-order chi connectivity index (χ1) is 9.54. The third-order valence-electron chi connectivity index (χ3n) is 3.71. The number of hydrogen-bond acceptors (Lipinski definition) is 4. The number of rotatable bonds is 1. The van der Waals surface area contributed by atoms with Crippen molar-refractivity contribution in [1.82, 2.24) is 19.5 Å². The van der Waals surface area contributed by atoms with E-state index in [1.54, 1.807) is 6.92 Å². The predicted molar refractivity (Wildman–Crippen MR) is 76.9 cm³/mol. The Morgan fingerprint density at radius 3 is 2.45 bits per heavy atom. The van der Waals surface area contributed by atoms with Crippen LogP contribution in [0.3, 0.4) is 0 Å². The molecule has 2 aromatic heterocycles. The van der Waals surface area contributed by atoms with Crippen molar-refractivity contribution in [3.63, 3.8) is 0 Å². The first kappa shape index (κ1) is 12.9. The van der Waals surface area contributed by atoms with Crippen molar-refractivity contribution in [1.29, 1.82) is 0 Å². The molecule has 0 radical (unpaired) electrons. The van der Waals surface area contributed by atoms with Crippen LogP contribution < -0.4 is 4.90 Å². The lowest BCUT2D eigenvalue weighted by atomic mass is 10.3. The number of aromatic nitrogens is 3. The van der Waals surface area contributed by atoms with Gasteiger partial charge in [0.25, 0.3) is 0 Å². The third kappa shape index (κ3) is 2.21. The summed E-state index contributed by atoms with van der Waals surface area (Å²) in [5, 5.41) is 4.52. The lowest BCUT2D eigenvalue weighted by Crippen LogP contribution is -2.48.